The van der Waals surface area contributed by atoms with Crippen LogP contribution >= 0.6 is 0 Å². The summed E-state index contributed by atoms with van der Waals surface area (Å²) in [4.78, 5) is 12.5. The van der Waals surface area contributed by atoms with Gasteiger partial charge in [0.05, 0.1) is 26.9 Å². The van der Waals surface area contributed by atoms with E-state index in [9.17, 15) is 4.79 Å². The summed E-state index contributed by atoms with van der Waals surface area (Å²) < 4.78 is 15.9. The average molecular weight is 380 g/mol. The summed E-state index contributed by atoms with van der Waals surface area (Å²) in [6.45, 7) is 0. The zero-order valence-corrected chi connectivity index (χ0v) is 16.9. The predicted octanol–water partition coefficient (Wildman–Crippen LogP) is 5.10. The van der Waals surface area contributed by atoms with Gasteiger partial charge in [0.15, 0.2) is 0 Å². The molecule has 4 nitrogen and oxygen atoms in total. The molecule has 1 fully saturated rings. The molecule has 0 aliphatic heterocycles. The number of methoxy groups -OCH3 is 3. The van der Waals surface area contributed by atoms with Crippen LogP contribution in [0.5, 0.6) is 11.5 Å². The molecule has 148 valence electrons. The van der Waals surface area contributed by atoms with Crippen LogP contribution in [0, 0.1) is 5.92 Å². The summed E-state index contributed by atoms with van der Waals surface area (Å²) in [5.74, 6) is 2.79. The molecule has 0 N–H and O–H groups in total. The molecule has 0 aromatic heterocycles. The van der Waals surface area contributed by atoms with Gasteiger partial charge in [-0.2, -0.15) is 0 Å². The zero-order chi connectivity index (χ0) is 19.7. The van der Waals surface area contributed by atoms with Crippen molar-refractivity contribution >= 4 is 5.97 Å². The maximum absolute atomic E-state index is 12.5. The van der Waals surface area contributed by atoms with Crippen molar-refractivity contribution in [3.63, 3.8) is 0 Å². The number of hydrogen-bond acceptors (Lipinski definition) is 4. The standard InChI is InChI=1S/C24H28O4/c1-26-16-10-8-15(9-11-16)20-14-22-21(19-7-5-4-6-18(19)20)12-17(27-2)13-23(22)24(25)28-3/h8-13,18-20H,4-7,14H2,1-3H3/t18-,19+,20-/m0/s1. The predicted molar refractivity (Wildman–Crippen MR) is 108 cm³/mol. The van der Waals surface area contributed by atoms with Gasteiger partial charge in [-0.05, 0) is 78.0 Å². The number of carbonyl (C=O) groups excluding carboxylic acids is 1. The highest BCUT2D eigenvalue weighted by molar-refractivity contribution is 5.92. The molecule has 0 heterocycles. The van der Waals surface area contributed by atoms with Crippen LogP contribution in [-0.4, -0.2) is 27.3 Å². The van der Waals surface area contributed by atoms with Gasteiger partial charge in [0.1, 0.15) is 11.5 Å². The first-order valence-electron chi connectivity index (χ1n) is 10.1. The third-order valence-corrected chi connectivity index (χ3v) is 6.60. The molecular weight excluding hydrogens is 352 g/mol. The molecule has 0 unspecified atom stereocenters. The lowest BCUT2D eigenvalue weighted by Crippen LogP contribution is -2.32. The Morgan fingerprint density at radius 3 is 2.29 bits per heavy atom. The van der Waals surface area contributed by atoms with Crippen molar-refractivity contribution in [1.82, 2.24) is 0 Å². The SMILES string of the molecule is COC(=O)c1cc(OC)cc2c1C[C@@H](c1ccc(OC)cc1)[C@H]1CCCC[C@@H]21. The second-order valence-corrected chi connectivity index (χ2v) is 7.87. The van der Waals surface area contributed by atoms with Crippen molar-refractivity contribution in [3.8, 4) is 11.5 Å². The van der Waals surface area contributed by atoms with Gasteiger partial charge in [-0.25, -0.2) is 4.79 Å². The molecule has 4 rings (SSSR count). The second kappa shape index (κ2) is 7.86. The van der Waals surface area contributed by atoms with Gasteiger partial charge in [0.25, 0.3) is 0 Å². The Morgan fingerprint density at radius 2 is 1.61 bits per heavy atom. The zero-order valence-electron chi connectivity index (χ0n) is 16.9. The molecule has 0 bridgehead atoms. The molecule has 0 saturated heterocycles. The number of fused-ring (bicyclic) bond motifs is 3. The normalized spacial score (nSPS) is 23.3. The van der Waals surface area contributed by atoms with E-state index in [-0.39, 0.29) is 5.97 Å². The number of benzene rings is 2. The third-order valence-electron chi connectivity index (χ3n) is 6.60. The summed E-state index contributed by atoms with van der Waals surface area (Å²) in [5.41, 5.74) is 4.40. The third kappa shape index (κ3) is 3.25. The van der Waals surface area contributed by atoms with E-state index in [1.165, 1.54) is 37.5 Å². The summed E-state index contributed by atoms with van der Waals surface area (Å²) in [6.07, 6.45) is 5.76. The highest BCUT2D eigenvalue weighted by Gasteiger charge is 2.40. The van der Waals surface area contributed by atoms with Gasteiger partial charge in [-0.15, -0.1) is 0 Å². The number of rotatable bonds is 4. The van der Waals surface area contributed by atoms with Crippen molar-refractivity contribution in [2.45, 2.75) is 43.9 Å². The van der Waals surface area contributed by atoms with Crippen LogP contribution in [0.3, 0.4) is 0 Å². The molecule has 2 aromatic carbocycles. The lowest BCUT2D eigenvalue weighted by atomic mass is 9.61. The van der Waals surface area contributed by atoms with Gasteiger partial charge in [-0.1, -0.05) is 25.0 Å². The molecular formula is C24H28O4. The molecule has 2 aromatic rings. The van der Waals surface area contributed by atoms with Crippen molar-refractivity contribution in [2.75, 3.05) is 21.3 Å². The van der Waals surface area contributed by atoms with E-state index in [2.05, 4.69) is 18.2 Å². The van der Waals surface area contributed by atoms with Crippen LogP contribution in [0.25, 0.3) is 0 Å². The van der Waals surface area contributed by atoms with Crippen LogP contribution in [0.2, 0.25) is 0 Å². The van der Waals surface area contributed by atoms with Crippen molar-refractivity contribution < 1.29 is 19.0 Å². The maximum Gasteiger partial charge on any atom is 0.338 e. The number of hydrogen-bond donors (Lipinski definition) is 0. The Hall–Kier alpha value is -2.49. The van der Waals surface area contributed by atoms with Gasteiger partial charge < -0.3 is 14.2 Å². The fourth-order valence-electron chi connectivity index (χ4n) is 5.25. The van der Waals surface area contributed by atoms with Crippen LogP contribution in [0.15, 0.2) is 36.4 Å². The Bertz CT molecular complexity index is 856. The van der Waals surface area contributed by atoms with Crippen molar-refractivity contribution in [1.29, 1.82) is 0 Å². The van der Waals surface area contributed by atoms with Crippen LogP contribution in [0.1, 0.15) is 64.6 Å². The molecule has 1 saturated carbocycles. The summed E-state index contributed by atoms with van der Waals surface area (Å²) >= 11 is 0. The van der Waals surface area contributed by atoms with E-state index in [1.54, 1.807) is 14.2 Å². The Morgan fingerprint density at radius 1 is 0.893 bits per heavy atom. The van der Waals surface area contributed by atoms with Crippen LogP contribution in [0.4, 0.5) is 0 Å². The van der Waals surface area contributed by atoms with E-state index in [1.807, 2.05) is 18.2 Å². The highest BCUT2D eigenvalue weighted by Crippen LogP contribution is 2.52. The summed E-state index contributed by atoms with van der Waals surface area (Å²) in [5, 5.41) is 0. The molecule has 2 aliphatic rings. The summed E-state index contributed by atoms with van der Waals surface area (Å²) in [6, 6.07) is 12.4. The number of esters is 1. The van der Waals surface area contributed by atoms with Crippen LogP contribution in [-0.2, 0) is 11.2 Å². The molecule has 3 atom stereocenters. The highest BCUT2D eigenvalue weighted by atomic mass is 16.5. The van der Waals surface area contributed by atoms with E-state index < -0.39 is 0 Å². The largest absolute Gasteiger partial charge is 0.497 e. The van der Waals surface area contributed by atoms with Crippen molar-refractivity contribution in [3.05, 3.63) is 58.7 Å². The fourth-order valence-corrected chi connectivity index (χ4v) is 5.25. The second-order valence-electron chi connectivity index (χ2n) is 7.87. The van der Waals surface area contributed by atoms with Gasteiger partial charge in [0, 0.05) is 0 Å². The van der Waals surface area contributed by atoms with E-state index >= 15 is 0 Å². The quantitative estimate of drug-likeness (QED) is 0.692. The average Bonchev–Trinajstić information content (AvgIpc) is 2.77. The Kier molecular flexibility index (Phi) is 5.29. The first-order valence-corrected chi connectivity index (χ1v) is 10.1. The molecule has 0 spiro atoms. The van der Waals surface area contributed by atoms with Gasteiger partial charge >= 0.3 is 5.97 Å². The van der Waals surface area contributed by atoms with Crippen molar-refractivity contribution in [2.24, 2.45) is 5.92 Å². The molecule has 0 amide bonds. The first-order chi connectivity index (χ1) is 13.7. The topological polar surface area (TPSA) is 44.8 Å². The molecule has 2 aliphatic carbocycles. The Balaban J connectivity index is 1.82. The van der Waals surface area contributed by atoms with E-state index in [4.69, 9.17) is 14.2 Å². The first kappa shape index (κ1) is 18.9. The number of ether oxygens (including phenoxy) is 3. The minimum atomic E-state index is -0.280. The minimum Gasteiger partial charge on any atom is -0.497 e. The molecule has 4 heteroatoms. The summed E-state index contributed by atoms with van der Waals surface area (Å²) in [7, 11) is 4.80. The van der Waals surface area contributed by atoms with Crippen LogP contribution < -0.4 is 9.47 Å². The van der Waals surface area contributed by atoms with E-state index in [0.29, 0.717) is 23.3 Å². The van der Waals surface area contributed by atoms with E-state index in [0.717, 1.165) is 29.9 Å². The Labute approximate surface area is 166 Å². The molecule has 0 radical (unpaired) electrons. The lowest BCUT2D eigenvalue weighted by molar-refractivity contribution is 0.0597. The monoisotopic (exact) mass is 380 g/mol. The molecule has 28 heavy (non-hydrogen) atoms. The maximum atomic E-state index is 12.5. The smallest absolute Gasteiger partial charge is 0.338 e. The fraction of sp³-hybridized carbons (Fsp3) is 0.458. The van der Waals surface area contributed by atoms with Gasteiger partial charge in [0.2, 0.25) is 0 Å². The van der Waals surface area contributed by atoms with Gasteiger partial charge in [-0.3, -0.25) is 0 Å². The number of carbonyl (C=O) groups is 1. The minimum absolute atomic E-state index is 0.280. The lowest BCUT2D eigenvalue weighted by Gasteiger charge is -2.43.